The van der Waals surface area contributed by atoms with Gasteiger partial charge in [0.05, 0.1) is 25.0 Å². The molecule has 0 saturated heterocycles. The molecule has 19 heavy (non-hydrogen) atoms. The molecule has 0 aliphatic carbocycles. The van der Waals surface area contributed by atoms with Crippen LogP contribution in [0.4, 0.5) is 0 Å². The maximum atomic E-state index is 12.1. The number of aliphatic carboxylic acids is 1. The highest BCUT2D eigenvalue weighted by Gasteiger charge is 2.18. The third-order valence-corrected chi connectivity index (χ3v) is 4.56. The fourth-order valence-corrected chi connectivity index (χ4v) is 3.01. The molecule has 1 aromatic heterocycles. The van der Waals surface area contributed by atoms with Gasteiger partial charge in [0.25, 0.3) is 0 Å². The summed E-state index contributed by atoms with van der Waals surface area (Å²) in [5.74, 6) is 0.0524. The Bertz CT molecular complexity index is 502. The second-order valence-corrected chi connectivity index (χ2v) is 6.33. The third kappa shape index (κ3) is 4.02. The minimum atomic E-state index is -1.26. The SMILES string of the molecule is COc1c(C)cnc(CS(=O)C(C)CC(=O)O)c1C. The minimum Gasteiger partial charge on any atom is -0.496 e. The van der Waals surface area contributed by atoms with E-state index in [2.05, 4.69) is 4.98 Å². The van der Waals surface area contributed by atoms with Gasteiger partial charge in [-0.1, -0.05) is 6.92 Å². The number of carboxylic acid groups (broad SMARTS) is 1. The number of rotatable bonds is 6. The fourth-order valence-electron chi connectivity index (χ4n) is 1.83. The van der Waals surface area contributed by atoms with Crippen LogP contribution in [0.3, 0.4) is 0 Å². The van der Waals surface area contributed by atoms with E-state index in [1.54, 1.807) is 20.2 Å². The molecule has 0 radical (unpaired) electrons. The van der Waals surface area contributed by atoms with Crippen LogP contribution in [0.25, 0.3) is 0 Å². The van der Waals surface area contributed by atoms with Gasteiger partial charge in [0.1, 0.15) is 5.75 Å². The molecule has 5 nitrogen and oxygen atoms in total. The van der Waals surface area contributed by atoms with Crippen LogP contribution in [-0.4, -0.2) is 32.6 Å². The lowest BCUT2D eigenvalue weighted by molar-refractivity contribution is -0.136. The molecule has 0 amide bonds. The molecule has 2 atom stereocenters. The molecular formula is C13H19NO4S. The molecule has 0 fully saturated rings. The highest BCUT2D eigenvalue weighted by molar-refractivity contribution is 7.84. The molecule has 0 spiro atoms. The molecule has 106 valence electrons. The molecule has 6 heteroatoms. The van der Waals surface area contributed by atoms with E-state index in [0.29, 0.717) is 5.69 Å². The summed E-state index contributed by atoms with van der Waals surface area (Å²) in [4.78, 5) is 14.9. The van der Waals surface area contributed by atoms with Crippen molar-refractivity contribution in [1.29, 1.82) is 0 Å². The van der Waals surface area contributed by atoms with Crippen molar-refractivity contribution in [3.8, 4) is 5.75 Å². The second-order valence-electron chi connectivity index (χ2n) is 4.48. The van der Waals surface area contributed by atoms with Crippen LogP contribution in [0.5, 0.6) is 5.75 Å². The van der Waals surface area contributed by atoms with Crippen molar-refractivity contribution in [3.05, 3.63) is 23.0 Å². The van der Waals surface area contributed by atoms with Crippen molar-refractivity contribution in [2.45, 2.75) is 38.2 Å². The average Bonchev–Trinajstić information content (AvgIpc) is 2.32. The van der Waals surface area contributed by atoms with Crippen molar-refractivity contribution in [1.82, 2.24) is 4.98 Å². The Balaban J connectivity index is 2.88. The number of ether oxygens (including phenoxy) is 1. The number of hydrogen-bond donors (Lipinski definition) is 1. The van der Waals surface area contributed by atoms with Crippen molar-refractivity contribution in [2.75, 3.05) is 7.11 Å². The Hall–Kier alpha value is -1.43. The third-order valence-electron chi connectivity index (χ3n) is 2.94. The topological polar surface area (TPSA) is 76.5 Å². The first-order valence-electron chi connectivity index (χ1n) is 5.94. The first-order valence-corrected chi connectivity index (χ1v) is 7.33. The number of methoxy groups -OCH3 is 1. The molecule has 0 aliphatic heterocycles. The number of aromatic nitrogens is 1. The van der Waals surface area contributed by atoms with E-state index in [1.165, 1.54) is 0 Å². The van der Waals surface area contributed by atoms with Crippen molar-refractivity contribution in [2.24, 2.45) is 0 Å². The lowest BCUT2D eigenvalue weighted by Gasteiger charge is -2.13. The Morgan fingerprint density at radius 3 is 2.68 bits per heavy atom. The van der Waals surface area contributed by atoms with Crippen LogP contribution >= 0.6 is 0 Å². The first-order chi connectivity index (χ1) is 8.86. The molecule has 0 aromatic carbocycles. The smallest absolute Gasteiger partial charge is 0.304 e. The molecule has 1 rings (SSSR count). The second kappa shape index (κ2) is 6.65. The van der Waals surface area contributed by atoms with E-state index < -0.39 is 22.0 Å². The lowest BCUT2D eigenvalue weighted by atomic mass is 10.1. The Labute approximate surface area is 115 Å². The van der Waals surface area contributed by atoms with E-state index in [-0.39, 0.29) is 12.2 Å². The predicted octanol–water partition coefficient (Wildman–Crippen LogP) is 1.82. The number of pyridine rings is 1. The van der Waals surface area contributed by atoms with E-state index in [1.807, 2.05) is 13.8 Å². The molecular weight excluding hydrogens is 266 g/mol. The Morgan fingerprint density at radius 1 is 1.53 bits per heavy atom. The minimum absolute atomic E-state index is 0.103. The van der Waals surface area contributed by atoms with Crippen molar-refractivity contribution in [3.63, 3.8) is 0 Å². The van der Waals surface area contributed by atoms with Crippen molar-refractivity contribution >= 4 is 16.8 Å². The standard InChI is InChI=1S/C13H19NO4S/c1-8-6-14-11(10(3)13(8)18-4)7-19(17)9(2)5-12(15)16/h6,9H,5,7H2,1-4H3,(H,15,16). The summed E-state index contributed by atoms with van der Waals surface area (Å²) in [5.41, 5.74) is 2.48. The van der Waals surface area contributed by atoms with Gasteiger partial charge in [0.2, 0.25) is 0 Å². The number of carboxylic acids is 1. The van der Waals surface area contributed by atoms with E-state index in [4.69, 9.17) is 9.84 Å². The maximum absolute atomic E-state index is 12.1. The zero-order valence-corrected chi connectivity index (χ0v) is 12.4. The van der Waals surface area contributed by atoms with Gasteiger partial charge in [-0.25, -0.2) is 0 Å². The van der Waals surface area contributed by atoms with Gasteiger partial charge >= 0.3 is 5.97 Å². The lowest BCUT2D eigenvalue weighted by Crippen LogP contribution is -2.18. The summed E-state index contributed by atoms with van der Waals surface area (Å²) in [6.45, 7) is 5.44. The van der Waals surface area contributed by atoms with Crippen LogP contribution in [-0.2, 0) is 21.3 Å². The molecule has 1 heterocycles. The Kier molecular flexibility index (Phi) is 5.47. The van der Waals surface area contributed by atoms with Gasteiger partial charge in [-0.2, -0.15) is 0 Å². The van der Waals surface area contributed by atoms with Gasteiger partial charge in [0, 0.05) is 33.4 Å². The van der Waals surface area contributed by atoms with Crippen LogP contribution in [0, 0.1) is 13.8 Å². The predicted molar refractivity (Wildman–Crippen MR) is 73.8 cm³/mol. The number of nitrogens with zero attached hydrogens (tertiary/aromatic N) is 1. The largest absolute Gasteiger partial charge is 0.496 e. The number of aryl methyl sites for hydroxylation is 1. The van der Waals surface area contributed by atoms with Gasteiger partial charge < -0.3 is 9.84 Å². The van der Waals surface area contributed by atoms with Gasteiger partial charge in [-0.15, -0.1) is 0 Å². The molecule has 1 aromatic rings. The van der Waals surface area contributed by atoms with Crippen molar-refractivity contribution < 1.29 is 18.8 Å². The maximum Gasteiger partial charge on any atom is 0.304 e. The van der Waals surface area contributed by atoms with Crippen LogP contribution < -0.4 is 4.74 Å². The first kappa shape index (κ1) is 15.6. The van der Waals surface area contributed by atoms with Gasteiger partial charge in [-0.3, -0.25) is 14.0 Å². The summed E-state index contributed by atoms with van der Waals surface area (Å²) in [6.07, 6.45) is 1.58. The highest BCUT2D eigenvalue weighted by Crippen LogP contribution is 2.25. The van der Waals surface area contributed by atoms with E-state index in [0.717, 1.165) is 16.9 Å². The van der Waals surface area contributed by atoms with Gasteiger partial charge in [-0.05, 0) is 13.8 Å². The number of hydrogen-bond acceptors (Lipinski definition) is 4. The summed E-state index contributed by atoms with van der Waals surface area (Å²) >= 11 is 0. The Morgan fingerprint density at radius 2 is 2.16 bits per heavy atom. The van der Waals surface area contributed by atoms with Gasteiger partial charge in [0.15, 0.2) is 0 Å². The van der Waals surface area contributed by atoms with Crippen LogP contribution in [0.1, 0.15) is 30.2 Å². The van der Waals surface area contributed by atoms with Crippen LogP contribution in [0.15, 0.2) is 6.20 Å². The fraction of sp³-hybridized carbons (Fsp3) is 0.538. The van der Waals surface area contributed by atoms with Crippen LogP contribution in [0.2, 0.25) is 0 Å². The van der Waals surface area contributed by atoms with E-state index in [9.17, 15) is 9.00 Å². The average molecular weight is 285 g/mol. The quantitative estimate of drug-likeness (QED) is 0.862. The zero-order valence-electron chi connectivity index (χ0n) is 11.6. The highest BCUT2D eigenvalue weighted by atomic mass is 32.2. The summed E-state index contributed by atoms with van der Waals surface area (Å²) in [5, 5.41) is 8.30. The summed E-state index contributed by atoms with van der Waals surface area (Å²) in [7, 11) is 0.324. The molecule has 2 unspecified atom stereocenters. The van der Waals surface area contributed by atoms with E-state index >= 15 is 0 Å². The number of carbonyl (C=O) groups is 1. The summed E-state index contributed by atoms with van der Waals surface area (Å²) in [6, 6.07) is 0. The summed E-state index contributed by atoms with van der Waals surface area (Å²) < 4.78 is 17.3. The monoisotopic (exact) mass is 285 g/mol. The molecule has 0 saturated carbocycles. The zero-order chi connectivity index (χ0) is 14.6. The molecule has 0 aliphatic rings. The molecule has 1 N–H and O–H groups in total. The molecule has 0 bridgehead atoms. The normalized spacial score (nSPS) is 13.9.